The van der Waals surface area contributed by atoms with Crippen LogP contribution in [0.4, 0.5) is 17.6 Å². The molecule has 3 nitrogen and oxygen atoms in total. The average molecular weight is 200 g/mol. The Morgan fingerprint density at radius 1 is 1.38 bits per heavy atom. The SMILES string of the molecule is CC1(F)C(=O)OC(C(F)(F)F)C1=O. The number of cyclic esters (lactones) is 1. The number of rotatable bonds is 0. The lowest BCUT2D eigenvalue weighted by Gasteiger charge is -2.11. The van der Waals surface area contributed by atoms with Crippen LogP contribution in [0.15, 0.2) is 0 Å². The average Bonchev–Trinajstić information content (AvgIpc) is 2.12. The Labute approximate surface area is 69.7 Å². The second kappa shape index (κ2) is 2.43. The highest BCUT2D eigenvalue weighted by atomic mass is 19.4. The van der Waals surface area contributed by atoms with E-state index >= 15 is 0 Å². The van der Waals surface area contributed by atoms with E-state index in [0.29, 0.717) is 6.92 Å². The number of ketones is 1. The van der Waals surface area contributed by atoms with Gasteiger partial charge in [-0.1, -0.05) is 0 Å². The third kappa shape index (κ3) is 1.38. The molecule has 2 unspecified atom stereocenters. The van der Waals surface area contributed by atoms with Gasteiger partial charge in [0, 0.05) is 0 Å². The van der Waals surface area contributed by atoms with Gasteiger partial charge in [0.15, 0.2) is 0 Å². The molecular formula is C6H4F4O3. The maximum Gasteiger partial charge on any atom is 0.432 e. The summed E-state index contributed by atoms with van der Waals surface area (Å²) in [6, 6.07) is 0. The summed E-state index contributed by atoms with van der Waals surface area (Å²) in [5.74, 6) is -3.69. The first-order chi connectivity index (χ1) is 5.67. The molecule has 0 aromatic rings. The van der Waals surface area contributed by atoms with E-state index in [1.165, 1.54) is 0 Å². The molecule has 1 heterocycles. The highest BCUT2D eigenvalue weighted by Gasteiger charge is 2.63. The summed E-state index contributed by atoms with van der Waals surface area (Å²) in [7, 11) is 0. The minimum Gasteiger partial charge on any atom is -0.442 e. The molecule has 0 aliphatic carbocycles. The predicted molar refractivity (Wildman–Crippen MR) is 30.5 cm³/mol. The molecule has 0 amide bonds. The number of carbonyl (C=O) groups excluding carboxylic acids is 2. The molecule has 0 saturated carbocycles. The lowest BCUT2D eigenvalue weighted by Crippen LogP contribution is -2.40. The molecular weight excluding hydrogens is 196 g/mol. The number of carbonyl (C=O) groups is 2. The number of hydrogen-bond donors (Lipinski definition) is 0. The molecule has 1 fully saturated rings. The second-order valence-electron chi connectivity index (χ2n) is 2.69. The summed E-state index contributed by atoms with van der Waals surface area (Å²) in [5, 5.41) is 0. The molecule has 0 aromatic carbocycles. The van der Waals surface area contributed by atoms with Crippen LogP contribution in [0.3, 0.4) is 0 Å². The van der Waals surface area contributed by atoms with Gasteiger partial charge in [-0.05, 0) is 6.92 Å². The van der Waals surface area contributed by atoms with Crippen LogP contribution in [-0.2, 0) is 14.3 Å². The summed E-state index contributed by atoms with van der Waals surface area (Å²) in [5.41, 5.74) is -3.18. The van der Waals surface area contributed by atoms with Crippen molar-refractivity contribution in [1.82, 2.24) is 0 Å². The van der Waals surface area contributed by atoms with Crippen molar-refractivity contribution < 1.29 is 31.9 Å². The Bertz CT molecular complexity index is 268. The second-order valence-corrected chi connectivity index (χ2v) is 2.69. The third-order valence-electron chi connectivity index (χ3n) is 1.61. The van der Waals surface area contributed by atoms with Crippen LogP contribution in [0.1, 0.15) is 6.92 Å². The minimum atomic E-state index is -5.05. The Balaban J connectivity index is 3.00. The van der Waals surface area contributed by atoms with Gasteiger partial charge in [-0.15, -0.1) is 0 Å². The van der Waals surface area contributed by atoms with Crippen molar-refractivity contribution in [3.8, 4) is 0 Å². The minimum absolute atomic E-state index is 0.448. The number of ether oxygens (including phenoxy) is 1. The molecule has 74 valence electrons. The van der Waals surface area contributed by atoms with Crippen LogP contribution < -0.4 is 0 Å². The van der Waals surface area contributed by atoms with Crippen molar-refractivity contribution in [3.63, 3.8) is 0 Å². The van der Waals surface area contributed by atoms with E-state index in [4.69, 9.17) is 0 Å². The van der Waals surface area contributed by atoms with Gasteiger partial charge in [-0.2, -0.15) is 13.2 Å². The summed E-state index contributed by atoms with van der Waals surface area (Å²) in [6.07, 6.45) is -8.01. The summed E-state index contributed by atoms with van der Waals surface area (Å²) >= 11 is 0. The highest BCUT2D eigenvalue weighted by Crippen LogP contribution is 2.34. The number of alkyl halides is 4. The third-order valence-corrected chi connectivity index (χ3v) is 1.61. The summed E-state index contributed by atoms with van der Waals surface area (Å²) in [4.78, 5) is 21.1. The lowest BCUT2D eigenvalue weighted by atomic mass is 10.0. The van der Waals surface area contributed by atoms with Crippen LogP contribution >= 0.6 is 0 Å². The van der Waals surface area contributed by atoms with Crippen molar-refractivity contribution in [2.75, 3.05) is 0 Å². The summed E-state index contributed by atoms with van der Waals surface area (Å²) < 4.78 is 52.0. The number of halogens is 4. The Morgan fingerprint density at radius 3 is 2.00 bits per heavy atom. The van der Waals surface area contributed by atoms with Crippen LogP contribution in [0.2, 0.25) is 0 Å². The zero-order chi connectivity index (χ0) is 10.4. The first-order valence-electron chi connectivity index (χ1n) is 3.18. The molecule has 1 aliphatic heterocycles. The Kier molecular flexibility index (Phi) is 1.86. The zero-order valence-electron chi connectivity index (χ0n) is 6.31. The van der Waals surface area contributed by atoms with Gasteiger partial charge in [-0.25, -0.2) is 9.18 Å². The van der Waals surface area contributed by atoms with Gasteiger partial charge in [0.1, 0.15) is 0 Å². The largest absolute Gasteiger partial charge is 0.442 e. The molecule has 1 aliphatic rings. The van der Waals surface area contributed by atoms with E-state index in [0.717, 1.165) is 0 Å². The van der Waals surface area contributed by atoms with Crippen molar-refractivity contribution in [2.24, 2.45) is 0 Å². The van der Waals surface area contributed by atoms with Crippen molar-refractivity contribution >= 4 is 11.8 Å². The van der Waals surface area contributed by atoms with Crippen LogP contribution in [0, 0.1) is 0 Å². The molecule has 0 N–H and O–H groups in total. The molecule has 7 heteroatoms. The molecule has 0 bridgehead atoms. The smallest absolute Gasteiger partial charge is 0.432 e. The van der Waals surface area contributed by atoms with E-state index < -0.39 is 29.7 Å². The Morgan fingerprint density at radius 2 is 1.85 bits per heavy atom. The standard InChI is InChI=1S/C6H4F4O3/c1-5(7)2(11)3(6(8,9)10)13-4(5)12/h3H,1H3. The number of esters is 1. The normalized spacial score (nSPS) is 35.0. The van der Waals surface area contributed by atoms with Crippen LogP contribution in [0.25, 0.3) is 0 Å². The summed E-state index contributed by atoms with van der Waals surface area (Å²) in [6.45, 7) is 0.448. The maximum atomic E-state index is 12.9. The van der Waals surface area contributed by atoms with Gasteiger partial charge in [0.25, 0.3) is 11.8 Å². The topological polar surface area (TPSA) is 43.4 Å². The predicted octanol–water partition coefficient (Wildman–Crippen LogP) is 0.771. The van der Waals surface area contributed by atoms with Gasteiger partial charge < -0.3 is 4.74 Å². The molecule has 0 spiro atoms. The van der Waals surface area contributed by atoms with Crippen molar-refractivity contribution in [1.29, 1.82) is 0 Å². The van der Waals surface area contributed by atoms with E-state index in [1.807, 2.05) is 0 Å². The quantitative estimate of drug-likeness (QED) is 0.329. The van der Waals surface area contributed by atoms with E-state index in [9.17, 15) is 27.2 Å². The van der Waals surface area contributed by atoms with Crippen molar-refractivity contribution in [3.05, 3.63) is 0 Å². The fraction of sp³-hybridized carbons (Fsp3) is 0.667. The monoisotopic (exact) mass is 200 g/mol. The first kappa shape index (κ1) is 9.94. The van der Waals surface area contributed by atoms with E-state index in [2.05, 4.69) is 4.74 Å². The van der Waals surface area contributed by atoms with Crippen LogP contribution in [-0.4, -0.2) is 29.7 Å². The van der Waals surface area contributed by atoms with Crippen molar-refractivity contribution in [2.45, 2.75) is 24.9 Å². The maximum absolute atomic E-state index is 12.9. The van der Waals surface area contributed by atoms with Gasteiger partial charge in [-0.3, -0.25) is 4.79 Å². The fourth-order valence-electron chi connectivity index (χ4n) is 0.833. The van der Waals surface area contributed by atoms with Crippen LogP contribution in [0.5, 0.6) is 0 Å². The molecule has 0 radical (unpaired) electrons. The molecule has 2 atom stereocenters. The number of Topliss-reactive ketones (excluding diaryl/α,β-unsaturated/α-hetero) is 1. The molecule has 1 rings (SSSR count). The number of hydrogen-bond acceptors (Lipinski definition) is 3. The van der Waals surface area contributed by atoms with Gasteiger partial charge >= 0.3 is 12.1 Å². The van der Waals surface area contributed by atoms with E-state index in [-0.39, 0.29) is 0 Å². The fourth-order valence-corrected chi connectivity index (χ4v) is 0.833. The highest BCUT2D eigenvalue weighted by molar-refractivity contribution is 6.13. The van der Waals surface area contributed by atoms with E-state index in [1.54, 1.807) is 0 Å². The lowest BCUT2D eigenvalue weighted by molar-refractivity contribution is -0.207. The molecule has 0 aromatic heterocycles. The van der Waals surface area contributed by atoms with Gasteiger partial charge in [0.2, 0.25) is 5.78 Å². The zero-order valence-corrected chi connectivity index (χ0v) is 6.31. The first-order valence-corrected chi connectivity index (χ1v) is 3.18. The molecule has 13 heavy (non-hydrogen) atoms. The Hall–Kier alpha value is -1.14. The molecule has 1 saturated heterocycles. The van der Waals surface area contributed by atoms with Gasteiger partial charge in [0.05, 0.1) is 0 Å².